The highest BCUT2D eigenvalue weighted by Gasteiger charge is 2.22. The Kier molecular flexibility index (Phi) is 4.34. The maximum Gasteiger partial charge on any atom is 0.0321 e. The number of pyridine rings is 1. The first-order valence-corrected chi connectivity index (χ1v) is 6.53. The van der Waals surface area contributed by atoms with Crippen molar-refractivity contribution in [3.63, 3.8) is 0 Å². The van der Waals surface area contributed by atoms with Crippen LogP contribution in [0.3, 0.4) is 0 Å². The summed E-state index contributed by atoms with van der Waals surface area (Å²) in [5, 5.41) is 3.64. The van der Waals surface area contributed by atoms with E-state index in [1.807, 2.05) is 12.4 Å². The van der Waals surface area contributed by atoms with Crippen molar-refractivity contribution < 1.29 is 0 Å². The van der Waals surface area contributed by atoms with Gasteiger partial charge in [0.2, 0.25) is 0 Å². The van der Waals surface area contributed by atoms with Crippen LogP contribution in [0.1, 0.15) is 50.6 Å². The zero-order valence-corrected chi connectivity index (χ0v) is 10.2. The van der Waals surface area contributed by atoms with Gasteiger partial charge in [-0.25, -0.2) is 0 Å². The van der Waals surface area contributed by atoms with E-state index in [9.17, 15) is 0 Å². The maximum atomic E-state index is 4.09. The van der Waals surface area contributed by atoms with Crippen molar-refractivity contribution >= 4 is 0 Å². The second-order valence-corrected chi connectivity index (χ2v) is 4.81. The normalized spacial score (nSPS) is 17.3. The summed E-state index contributed by atoms with van der Waals surface area (Å²) in [6, 6.07) is 4.81. The Morgan fingerprint density at radius 1 is 1.38 bits per heavy atom. The largest absolute Gasteiger partial charge is 0.310 e. The summed E-state index contributed by atoms with van der Waals surface area (Å²) < 4.78 is 0. The van der Waals surface area contributed by atoms with Gasteiger partial charge in [0, 0.05) is 18.4 Å². The maximum absolute atomic E-state index is 4.09. The quantitative estimate of drug-likeness (QED) is 0.759. The third kappa shape index (κ3) is 3.60. The fourth-order valence-corrected chi connectivity index (χ4v) is 2.11. The van der Waals surface area contributed by atoms with Crippen LogP contribution in [0.15, 0.2) is 24.5 Å². The number of hydrogen-bond acceptors (Lipinski definition) is 2. The summed E-state index contributed by atoms with van der Waals surface area (Å²) in [6.07, 6.45) is 10.6. The highest BCUT2D eigenvalue weighted by Crippen LogP contribution is 2.35. The Morgan fingerprint density at radius 2 is 2.12 bits per heavy atom. The lowest BCUT2D eigenvalue weighted by molar-refractivity contribution is 0.469. The molecule has 2 rings (SSSR count). The summed E-state index contributed by atoms with van der Waals surface area (Å²) in [4.78, 5) is 4.09. The SMILES string of the molecule is CCCNC(CCC1CC1)c1ccncc1. The molecule has 0 bridgehead atoms. The van der Waals surface area contributed by atoms with E-state index in [0.29, 0.717) is 6.04 Å². The molecule has 0 aliphatic heterocycles. The summed E-state index contributed by atoms with van der Waals surface area (Å²) in [5.41, 5.74) is 1.39. The molecule has 0 aromatic carbocycles. The minimum absolute atomic E-state index is 0.531. The molecule has 2 heteroatoms. The van der Waals surface area contributed by atoms with Gasteiger partial charge in [-0.3, -0.25) is 4.98 Å². The van der Waals surface area contributed by atoms with E-state index in [2.05, 4.69) is 29.4 Å². The second-order valence-electron chi connectivity index (χ2n) is 4.81. The van der Waals surface area contributed by atoms with Crippen LogP contribution in [-0.4, -0.2) is 11.5 Å². The van der Waals surface area contributed by atoms with Gasteiger partial charge in [0.25, 0.3) is 0 Å². The Balaban J connectivity index is 1.89. The van der Waals surface area contributed by atoms with E-state index in [1.165, 1.54) is 37.7 Å². The average Bonchev–Trinajstić information content (AvgIpc) is 3.14. The molecule has 1 aliphatic carbocycles. The fourth-order valence-electron chi connectivity index (χ4n) is 2.11. The number of nitrogens with zero attached hydrogens (tertiary/aromatic N) is 1. The van der Waals surface area contributed by atoms with Gasteiger partial charge >= 0.3 is 0 Å². The lowest BCUT2D eigenvalue weighted by Gasteiger charge is -2.18. The Labute approximate surface area is 98.5 Å². The van der Waals surface area contributed by atoms with Crippen molar-refractivity contribution in [1.82, 2.24) is 10.3 Å². The number of rotatable bonds is 7. The smallest absolute Gasteiger partial charge is 0.0321 e. The van der Waals surface area contributed by atoms with Crippen molar-refractivity contribution in [3.8, 4) is 0 Å². The van der Waals surface area contributed by atoms with Gasteiger partial charge in [0.1, 0.15) is 0 Å². The first-order valence-electron chi connectivity index (χ1n) is 6.53. The van der Waals surface area contributed by atoms with Crippen LogP contribution in [-0.2, 0) is 0 Å². The third-order valence-electron chi connectivity index (χ3n) is 3.31. The lowest BCUT2D eigenvalue weighted by Crippen LogP contribution is -2.22. The van der Waals surface area contributed by atoms with Crippen molar-refractivity contribution in [2.75, 3.05) is 6.54 Å². The molecule has 1 atom stereocenters. The van der Waals surface area contributed by atoms with E-state index in [0.717, 1.165) is 12.5 Å². The van der Waals surface area contributed by atoms with Crippen LogP contribution in [0.4, 0.5) is 0 Å². The molecule has 1 saturated carbocycles. The highest BCUT2D eigenvalue weighted by molar-refractivity contribution is 5.14. The molecule has 2 nitrogen and oxygen atoms in total. The predicted octanol–water partition coefficient (Wildman–Crippen LogP) is 3.31. The topological polar surface area (TPSA) is 24.9 Å². The molecule has 1 aromatic rings. The monoisotopic (exact) mass is 218 g/mol. The molecule has 1 aromatic heterocycles. The zero-order valence-electron chi connectivity index (χ0n) is 10.2. The van der Waals surface area contributed by atoms with Gasteiger partial charge in [-0.05, 0) is 49.4 Å². The minimum Gasteiger partial charge on any atom is -0.310 e. The van der Waals surface area contributed by atoms with Crippen molar-refractivity contribution in [2.45, 2.75) is 45.1 Å². The van der Waals surface area contributed by atoms with Crippen LogP contribution in [0, 0.1) is 5.92 Å². The third-order valence-corrected chi connectivity index (χ3v) is 3.31. The van der Waals surface area contributed by atoms with Gasteiger partial charge < -0.3 is 5.32 Å². The molecule has 0 radical (unpaired) electrons. The molecule has 1 fully saturated rings. The Morgan fingerprint density at radius 3 is 2.75 bits per heavy atom. The van der Waals surface area contributed by atoms with Gasteiger partial charge in [-0.15, -0.1) is 0 Å². The van der Waals surface area contributed by atoms with E-state index in [1.54, 1.807) is 0 Å². The van der Waals surface area contributed by atoms with Crippen molar-refractivity contribution in [3.05, 3.63) is 30.1 Å². The first kappa shape index (κ1) is 11.6. The summed E-state index contributed by atoms with van der Waals surface area (Å²) in [5.74, 6) is 1.02. The molecule has 1 heterocycles. The van der Waals surface area contributed by atoms with Gasteiger partial charge in [-0.2, -0.15) is 0 Å². The van der Waals surface area contributed by atoms with E-state index in [4.69, 9.17) is 0 Å². The Bertz CT molecular complexity index is 293. The number of nitrogens with one attached hydrogen (secondary N) is 1. The fraction of sp³-hybridized carbons (Fsp3) is 0.643. The number of hydrogen-bond donors (Lipinski definition) is 1. The first-order chi connectivity index (χ1) is 7.90. The summed E-state index contributed by atoms with van der Waals surface area (Å²) in [6.45, 7) is 3.33. The van der Waals surface area contributed by atoms with Crippen LogP contribution < -0.4 is 5.32 Å². The Hall–Kier alpha value is -0.890. The average molecular weight is 218 g/mol. The molecule has 16 heavy (non-hydrogen) atoms. The number of aromatic nitrogens is 1. The van der Waals surface area contributed by atoms with Crippen molar-refractivity contribution in [2.24, 2.45) is 5.92 Å². The second kappa shape index (κ2) is 6.00. The molecule has 88 valence electrons. The van der Waals surface area contributed by atoms with Gasteiger partial charge in [0.15, 0.2) is 0 Å². The molecule has 1 aliphatic rings. The molecule has 0 amide bonds. The summed E-state index contributed by atoms with van der Waals surface area (Å²) >= 11 is 0. The lowest BCUT2D eigenvalue weighted by atomic mass is 10.0. The minimum atomic E-state index is 0.531. The van der Waals surface area contributed by atoms with Crippen LogP contribution in [0.2, 0.25) is 0 Å². The molecule has 0 saturated heterocycles. The zero-order chi connectivity index (χ0) is 11.2. The van der Waals surface area contributed by atoms with E-state index < -0.39 is 0 Å². The highest BCUT2D eigenvalue weighted by atomic mass is 14.9. The predicted molar refractivity (Wildman–Crippen MR) is 67.2 cm³/mol. The standard InChI is InChI=1S/C14H22N2/c1-2-9-16-14(6-5-12-3-4-12)13-7-10-15-11-8-13/h7-8,10-12,14,16H,2-6,9H2,1H3. The van der Waals surface area contributed by atoms with Gasteiger partial charge in [0.05, 0.1) is 0 Å². The van der Waals surface area contributed by atoms with Crippen LogP contribution in [0.5, 0.6) is 0 Å². The summed E-state index contributed by atoms with van der Waals surface area (Å²) in [7, 11) is 0. The molecule has 0 spiro atoms. The van der Waals surface area contributed by atoms with Crippen molar-refractivity contribution in [1.29, 1.82) is 0 Å². The molecular formula is C14H22N2. The van der Waals surface area contributed by atoms with Gasteiger partial charge in [-0.1, -0.05) is 19.8 Å². The van der Waals surface area contributed by atoms with E-state index in [-0.39, 0.29) is 0 Å². The van der Waals surface area contributed by atoms with Crippen LogP contribution in [0.25, 0.3) is 0 Å². The van der Waals surface area contributed by atoms with E-state index >= 15 is 0 Å². The molecular weight excluding hydrogens is 196 g/mol. The van der Waals surface area contributed by atoms with Crippen LogP contribution >= 0.6 is 0 Å². The molecule has 1 unspecified atom stereocenters. The molecule has 1 N–H and O–H groups in total.